The van der Waals surface area contributed by atoms with E-state index in [1.165, 1.54) is 0 Å². The number of esters is 2. The summed E-state index contributed by atoms with van der Waals surface area (Å²) in [4.78, 5) is 24.9. The first kappa shape index (κ1) is 20.4. The molecule has 31 heavy (non-hydrogen) atoms. The van der Waals surface area contributed by atoms with Gasteiger partial charge in [-0.25, -0.2) is 9.59 Å². The predicted molar refractivity (Wildman–Crippen MR) is 116 cm³/mol. The summed E-state index contributed by atoms with van der Waals surface area (Å²) < 4.78 is 17.2. The highest BCUT2D eigenvalue weighted by Crippen LogP contribution is 2.42. The quantitative estimate of drug-likeness (QED) is 0.406. The first-order valence-corrected chi connectivity index (χ1v) is 9.96. The number of carbonyl (C=O) groups excluding carboxylic acids is 2. The number of carbonyl (C=O) groups is 2. The van der Waals surface area contributed by atoms with Gasteiger partial charge in [0.05, 0.1) is 11.1 Å². The maximum absolute atomic E-state index is 12.7. The van der Waals surface area contributed by atoms with Crippen LogP contribution in [0.25, 0.3) is 0 Å². The minimum Gasteiger partial charge on any atom is -0.481 e. The van der Waals surface area contributed by atoms with E-state index < -0.39 is 24.1 Å². The minimum atomic E-state index is -0.634. The fourth-order valence-corrected chi connectivity index (χ4v) is 3.43. The Morgan fingerprint density at radius 2 is 1.52 bits per heavy atom. The Labute approximate surface area is 180 Å². The molecule has 2 atom stereocenters. The lowest BCUT2D eigenvalue weighted by Gasteiger charge is -2.20. The molecule has 0 bridgehead atoms. The summed E-state index contributed by atoms with van der Waals surface area (Å²) in [6, 6.07) is 23.1. The minimum absolute atomic E-state index is 0.0953. The highest BCUT2D eigenvalue weighted by Gasteiger charge is 2.38. The van der Waals surface area contributed by atoms with E-state index in [0.29, 0.717) is 16.9 Å². The van der Waals surface area contributed by atoms with Crippen molar-refractivity contribution in [1.29, 1.82) is 0 Å². The van der Waals surface area contributed by atoms with E-state index in [4.69, 9.17) is 14.2 Å². The van der Waals surface area contributed by atoms with Crippen LogP contribution >= 0.6 is 0 Å². The van der Waals surface area contributed by atoms with Crippen LogP contribution in [-0.2, 0) is 16.1 Å². The number of fused-ring (bicyclic) bond motifs is 1. The summed E-state index contributed by atoms with van der Waals surface area (Å²) in [7, 11) is 0. The zero-order valence-corrected chi connectivity index (χ0v) is 17.1. The van der Waals surface area contributed by atoms with Crippen LogP contribution in [0.1, 0.15) is 44.9 Å². The van der Waals surface area contributed by atoms with Crippen LogP contribution in [0.3, 0.4) is 0 Å². The summed E-state index contributed by atoms with van der Waals surface area (Å²) in [5, 5.41) is 0. The van der Waals surface area contributed by atoms with Gasteiger partial charge >= 0.3 is 11.9 Å². The lowest BCUT2D eigenvalue weighted by atomic mass is 10.0. The molecular formula is C26H22O5. The second-order valence-corrected chi connectivity index (χ2v) is 7.39. The third-order valence-corrected chi connectivity index (χ3v) is 5.02. The molecular weight excluding hydrogens is 392 g/mol. The smallest absolute Gasteiger partial charge is 0.338 e. The Kier molecular flexibility index (Phi) is 5.85. The zero-order chi connectivity index (χ0) is 21.8. The molecule has 0 aromatic heterocycles. The topological polar surface area (TPSA) is 61.8 Å². The van der Waals surface area contributed by atoms with Crippen LogP contribution in [0.2, 0.25) is 0 Å². The van der Waals surface area contributed by atoms with Gasteiger partial charge < -0.3 is 14.2 Å². The summed E-state index contributed by atoms with van der Waals surface area (Å²) in [6.45, 7) is 5.91. The molecule has 2 unspecified atom stereocenters. The Balaban J connectivity index is 1.53. The largest absolute Gasteiger partial charge is 0.481 e. The van der Waals surface area contributed by atoms with Gasteiger partial charge in [0.1, 0.15) is 12.4 Å². The van der Waals surface area contributed by atoms with Gasteiger partial charge in [-0.2, -0.15) is 0 Å². The van der Waals surface area contributed by atoms with Crippen LogP contribution in [0.4, 0.5) is 0 Å². The predicted octanol–water partition coefficient (Wildman–Crippen LogP) is 5.28. The molecule has 156 valence electrons. The van der Waals surface area contributed by atoms with Gasteiger partial charge in [-0.3, -0.25) is 0 Å². The lowest BCUT2D eigenvalue weighted by molar-refractivity contribution is 0.0117. The maximum Gasteiger partial charge on any atom is 0.338 e. The zero-order valence-electron chi connectivity index (χ0n) is 17.1. The number of ether oxygens (including phenoxy) is 3. The number of hydrogen-bond donors (Lipinski definition) is 0. The van der Waals surface area contributed by atoms with Crippen molar-refractivity contribution in [3.8, 4) is 5.75 Å². The second kappa shape index (κ2) is 8.88. The number of benzene rings is 3. The second-order valence-electron chi connectivity index (χ2n) is 7.39. The van der Waals surface area contributed by atoms with E-state index in [2.05, 4.69) is 6.58 Å². The van der Waals surface area contributed by atoms with Gasteiger partial charge in [0, 0.05) is 5.56 Å². The molecule has 0 aliphatic carbocycles. The van der Waals surface area contributed by atoms with Crippen molar-refractivity contribution in [2.24, 2.45) is 0 Å². The fourth-order valence-electron chi connectivity index (χ4n) is 3.43. The van der Waals surface area contributed by atoms with E-state index >= 15 is 0 Å². The van der Waals surface area contributed by atoms with Crippen molar-refractivity contribution >= 4 is 11.9 Å². The third kappa shape index (κ3) is 4.51. The summed E-state index contributed by atoms with van der Waals surface area (Å²) in [5.41, 5.74) is 3.20. The van der Waals surface area contributed by atoms with Crippen molar-refractivity contribution < 1.29 is 23.8 Å². The monoisotopic (exact) mass is 414 g/mol. The van der Waals surface area contributed by atoms with Gasteiger partial charge in [0.25, 0.3) is 0 Å². The molecule has 4 rings (SSSR count). The molecule has 0 spiro atoms. The van der Waals surface area contributed by atoms with Crippen molar-refractivity contribution in [1.82, 2.24) is 0 Å². The van der Waals surface area contributed by atoms with E-state index in [-0.39, 0.29) is 6.61 Å². The van der Waals surface area contributed by atoms with Crippen LogP contribution in [-0.4, -0.2) is 18.0 Å². The van der Waals surface area contributed by atoms with Crippen molar-refractivity contribution in [2.45, 2.75) is 25.7 Å². The normalized spacial score (nSPS) is 16.7. The summed E-state index contributed by atoms with van der Waals surface area (Å²) in [5.74, 6) is -0.213. The maximum atomic E-state index is 12.7. The highest BCUT2D eigenvalue weighted by atomic mass is 16.6. The van der Waals surface area contributed by atoms with Crippen molar-refractivity contribution in [2.75, 3.05) is 0 Å². The van der Waals surface area contributed by atoms with E-state index in [9.17, 15) is 9.59 Å². The van der Waals surface area contributed by atoms with Gasteiger partial charge in [0.2, 0.25) is 0 Å². The Morgan fingerprint density at radius 1 is 0.903 bits per heavy atom. The molecule has 3 aromatic carbocycles. The SMILES string of the molecule is C=C(C)C1Oc2ccc(COC(=O)c3ccccc3)cc2C1OC(=O)c1ccccc1. The van der Waals surface area contributed by atoms with Crippen molar-refractivity contribution in [3.05, 3.63) is 113 Å². The van der Waals surface area contributed by atoms with Crippen LogP contribution < -0.4 is 4.74 Å². The average Bonchev–Trinajstić information content (AvgIpc) is 3.16. The Morgan fingerprint density at radius 3 is 2.13 bits per heavy atom. The lowest BCUT2D eigenvalue weighted by Crippen LogP contribution is -2.24. The Hall–Kier alpha value is -3.86. The number of hydrogen-bond acceptors (Lipinski definition) is 5. The molecule has 0 saturated carbocycles. The van der Waals surface area contributed by atoms with Gasteiger partial charge in [0.15, 0.2) is 12.2 Å². The van der Waals surface area contributed by atoms with Crippen LogP contribution in [0.15, 0.2) is 91.0 Å². The first-order chi connectivity index (χ1) is 15.0. The standard InChI is InChI=1S/C26H22O5/c1-17(2)23-24(31-26(28)20-11-7-4-8-12-20)21-15-18(13-14-22(21)30-23)16-29-25(27)19-9-5-3-6-10-19/h3-15,23-24H,1,16H2,2H3. The van der Waals surface area contributed by atoms with Crippen molar-refractivity contribution in [3.63, 3.8) is 0 Å². The molecule has 5 heteroatoms. The molecule has 1 aliphatic rings. The summed E-state index contributed by atoms with van der Waals surface area (Å²) in [6.07, 6.45) is -1.12. The fraction of sp³-hybridized carbons (Fsp3) is 0.154. The molecule has 0 N–H and O–H groups in total. The number of rotatable bonds is 6. The van der Waals surface area contributed by atoms with Gasteiger partial charge in [-0.15, -0.1) is 0 Å². The van der Waals surface area contributed by atoms with Crippen LogP contribution in [0.5, 0.6) is 5.75 Å². The van der Waals surface area contributed by atoms with Crippen LogP contribution in [0, 0.1) is 0 Å². The molecule has 1 heterocycles. The molecule has 3 aromatic rings. The molecule has 0 radical (unpaired) electrons. The van der Waals surface area contributed by atoms with Gasteiger partial charge in [-0.1, -0.05) is 49.0 Å². The third-order valence-electron chi connectivity index (χ3n) is 5.02. The molecule has 0 amide bonds. The molecule has 0 fully saturated rings. The van der Waals surface area contributed by atoms with E-state index in [1.807, 2.05) is 31.2 Å². The average molecular weight is 414 g/mol. The first-order valence-electron chi connectivity index (χ1n) is 9.96. The van der Waals surface area contributed by atoms with Gasteiger partial charge in [-0.05, 0) is 54.5 Å². The van der Waals surface area contributed by atoms with E-state index in [0.717, 1.165) is 16.7 Å². The Bertz CT molecular complexity index is 1110. The molecule has 5 nitrogen and oxygen atoms in total. The van der Waals surface area contributed by atoms with E-state index in [1.54, 1.807) is 54.6 Å². The highest BCUT2D eigenvalue weighted by molar-refractivity contribution is 5.90. The molecule has 0 saturated heterocycles. The molecule has 1 aliphatic heterocycles. The summed E-state index contributed by atoms with van der Waals surface area (Å²) >= 11 is 0.